The zero-order chi connectivity index (χ0) is 18.8. The van der Waals surface area contributed by atoms with E-state index in [4.69, 9.17) is 5.73 Å². The molecule has 134 valence electrons. The summed E-state index contributed by atoms with van der Waals surface area (Å²) in [6, 6.07) is 19.3. The van der Waals surface area contributed by atoms with Gasteiger partial charge in [-0.05, 0) is 17.7 Å². The summed E-state index contributed by atoms with van der Waals surface area (Å²) >= 11 is 1.37. The first-order valence-corrected chi connectivity index (χ1v) is 9.27. The van der Waals surface area contributed by atoms with E-state index in [9.17, 15) is 9.59 Å². The van der Waals surface area contributed by atoms with E-state index < -0.39 is 5.91 Å². The van der Waals surface area contributed by atoms with Gasteiger partial charge in [-0.25, -0.2) is 0 Å². The fourth-order valence-corrected chi connectivity index (χ4v) is 4.12. The highest BCUT2D eigenvalue weighted by Gasteiger charge is 2.18. The average molecular weight is 375 g/mol. The molecular weight excluding hydrogens is 358 g/mol. The van der Waals surface area contributed by atoms with Gasteiger partial charge in [0.25, 0.3) is 11.8 Å². The number of para-hydroxylation sites is 1. The van der Waals surface area contributed by atoms with Crippen LogP contribution >= 0.6 is 11.3 Å². The first kappa shape index (κ1) is 17.1. The molecule has 0 radical (unpaired) electrons. The summed E-state index contributed by atoms with van der Waals surface area (Å²) in [5.74, 6) is -0.831. The lowest BCUT2D eigenvalue weighted by molar-refractivity contribution is 0.100. The second kappa shape index (κ2) is 7.09. The quantitative estimate of drug-likeness (QED) is 0.489. The molecule has 0 saturated heterocycles. The van der Waals surface area contributed by atoms with E-state index in [1.807, 2.05) is 54.6 Å². The second-order valence-electron chi connectivity index (χ2n) is 6.18. The minimum Gasteiger partial charge on any atom is -0.366 e. The summed E-state index contributed by atoms with van der Waals surface area (Å²) in [7, 11) is 0. The number of nitrogens with one attached hydrogen (secondary N) is 2. The van der Waals surface area contributed by atoms with E-state index in [1.165, 1.54) is 11.3 Å². The van der Waals surface area contributed by atoms with Gasteiger partial charge in [0.2, 0.25) is 0 Å². The average Bonchev–Trinajstić information content (AvgIpc) is 3.26. The number of fused-ring (bicyclic) bond motifs is 1. The van der Waals surface area contributed by atoms with Crippen LogP contribution in [0.4, 0.5) is 5.00 Å². The SMILES string of the molecule is NC(=O)c1cc(Cc2ccccc2)sc1NC(=O)c1c[nH]c2ccccc12. The van der Waals surface area contributed by atoms with Crippen molar-refractivity contribution < 1.29 is 9.59 Å². The molecule has 4 aromatic rings. The van der Waals surface area contributed by atoms with Crippen molar-refractivity contribution in [2.24, 2.45) is 5.73 Å². The lowest BCUT2D eigenvalue weighted by atomic mass is 10.1. The van der Waals surface area contributed by atoms with Gasteiger partial charge in [-0.2, -0.15) is 0 Å². The number of H-pyrrole nitrogens is 1. The zero-order valence-corrected chi connectivity index (χ0v) is 15.2. The molecule has 0 unspecified atom stereocenters. The molecule has 2 heterocycles. The number of rotatable bonds is 5. The number of carbonyl (C=O) groups is 2. The molecule has 2 aromatic heterocycles. The Bertz CT molecular complexity index is 1130. The number of amides is 2. The molecule has 6 heteroatoms. The number of aromatic nitrogens is 1. The van der Waals surface area contributed by atoms with Gasteiger partial charge < -0.3 is 16.0 Å². The molecule has 4 rings (SSSR count). The normalized spacial score (nSPS) is 10.8. The first-order valence-electron chi connectivity index (χ1n) is 8.46. The van der Waals surface area contributed by atoms with E-state index in [1.54, 1.807) is 12.3 Å². The standard InChI is InChI=1S/C21H17N3O2S/c22-19(25)16-11-14(10-13-6-2-1-3-7-13)27-21(16)24-20(26)17-12-23-18-9-5-4-8-15(17)18/h1-9,11-12,23H,10H2,(H2,22,25)(H,24,26). The highest BCUT2D eigenvalue weighted by molar-refractivity contribution is 7.16. The molecule has 0 aliphatic carbocycles. The lowest BCUT2D eigenvalue weighted by Crippen LogP contribution is -2.16. The number of anilines is 1. The molecule has 0 saturated carbocycles. The second-order valence-corrected chi connectivity index (χ2v) is 7.32. The Labute approximate surface area is 159 Å². The van der Waals surface area contributed by atoms with Crippen LogP contribution in [0.25, 0.3) is 10.9 Å². The third kappa shape index (κ3) is 3.47. The van der Waals surface area contributed by atoms with Crippen LogP contribution in [0, 0.1) is 0 Å². The Hall–Kier alpha value is -3.38. The molecule has 4 N–H and O–H groups in total. The highest BCUT2D eigenvalue weighted by Crippen LogP contribution is 2.30. The van der Waals surface area contributed by atoms with E-state index >= 15 is 0 Å². The number of nitrogens with two attached hydrogens (primary N) is 1. The van der Waals surface area contributed by atoms with Crippen LogP contribution in [0.1, 0.15) is 31.2 Å². The molecule has 2 amide bonds. The van der Waals surface area contributed by atoms with Gasteiger partial charge in [0.1, 0.15) is 5.00 Å². The van der Waals surface area contributed by atoms with Gasteiger partial charge in [-0.1, -0.05) is 48.5 Å². The fourth-order valence-electron chi connectivity index (χ4n) is 3.03. The van der Waals surface area contributed by atoms with Crippen LogP contribution in [-0.4, -0.2) is 16.8 Å². The van der Waals surface area contributed by atoms with Crippen molar-refractivity contribution in [3.63, 3.8) is 0 Å². The monoisotopic (exact) mass is 375 g/mol. The van der Waals surface area contributed by atoms with Gasteiger partial charge in [-0.3, -0.25) is 9.59 Å². The fraction of sp³-hybridized carbons (Fsp3) is 0.0476. The number of aromatic amines is 1. The number of thiophene rings is 1. The molecule has 0 fully saturated rings. The van der Waals surface area contributed by atoms with Gasteiger partial charge in [-0.15, -0.1) is 11.3 Å². The minimum absolute atomic E-state index is 0.275. The number of carbonyl (C=O) groups excluding carboxylic acids is 2. The molecule has 5 nitrogen and oxygen atoms in total. The Morgan fingerprint density at radius 1 is 1.00 bits per heavy atom. The van der Waals surface area contributed by atoms with Crippen molar-refractivity contribution in [3.8, 4) is 0 Å². The van der Waals surface area contributed by atoms with Gasteiger partial charge in [0, 0.05) is 28.4 Å². The summed E-state index contributed by atoms with van der Waals surface area (Å²) in [5.41, 5.74) is 8.39. The predicted molar refractivity (Wildman–Crippen MR) is 108 cm³/mol. The van der Waals surface area contributed by atoms with Crippen LogP contribution in [0.3, 0.4) is 0 Å². The van der Waals surface area contributed by atoms with Crippen LogP contribution in [-0.2, 0) is 6.42 Å². The van der Waals surface area contributed by atoms with Crippen molar-refractivity contribution in [1.29, 1.82) is 0 Å². The summed E-state index contributed by atoms with van der Waals surface area (Å²) in [6.07, 6.45) is 2.34. The van der Waals surface area contributed by atoms with Crippen LogP contribution in [0.15, 0.2) is 66.9 Å². The van der Waals surface area contributed by atoms with Gasteiger partial charge in [0.05, 0.1) is 11.1 Å². The number of primary amides is 1. The summed E-state index contributed by atoms with van der Waals surface area (Å²) in [4.78, 5) is 28.6. The van der Waals surface area contributed by atoms with E-state index in [0.29, 0.717) is 22.5 Å². The topological polar surface area (TPSA) is 88.0 Å². The molecule has 0 spiro atoms. The maximum absolute atomic E-state index is 12.8. The Kier molecular flexibility index (Phi) is 4.48. The van der Waals surface area contributed by atoms with Crippen molar-refractivity contribution in [2.45, 2.75) is 6.42 Å². The van der Waals surface area contributed by atoms with E-state index in [-0.39, 0.29) is 5.91 Å². The maximum atomic E-state index is 12.8. The zero-order valence-electron chi connectivity index (χ0n) is 14.4. The third-order valence-electron chi connectivity index (χ3n) is 4.33. The van der Waals surface area contributed by atoms with Crippen LogP contribution in [0.2, 0.25) is 0 Å². The molecule has 27 heavy (non-hydrogen) atoms. The van der Waals surface area contributed by atoms with E-state index in [2.05, 4.69) is 10.3 Å². The molecule has 0 aliphatic heterocycles. The van der Waals surface area contributed by atoms with Crippen LogP contribution in [0.5, 0.6) is 0 Å². The number of benzene rings is 2. The van der Waals surface area contributed by atoms with Crippen molar-refractivity contribution in [3.05, 3.63) is 88.4 Å². The number of hydrogen-bond acceptors (Lipinski definition) is 3. The molecular formula is C21H17N3O2S. The minimum atomic E-state index is -0.556. The first-order chi connectivity index (χ1) is 13.1. The predicted octanol–water partition coefficient (Wildman–Crippen LogP) is 4.17. The summed E-state index contributed by atoms with van der Waals surface area (Å²) < 4.78 is 0. The maximum Gasteiger partial charge on any atom is 0.258 e. The largest absolute Gasteiger partial charge is 0.366 e. The van der Waals surface area contributed by atoms with E-state index in [0.717, 1.165) is 21.3 Å². The van der Waals surface area contributed by atoms with Crippen molar-refractivity contribution in [1.82, 2.24) is 4.98 Å². The lowest BCUT2D eigenvalue weighted by Gasteiger charge is -2.03. The number of hydrogen-bond donors (Lipinski definition) is 3. The Morgan fingerprint density at radius 3 is 2.52 bits per heavy atom. The Morgan fingerprint density at radius 2 is 1.74 bits per heavy atom. The van der Waals surface area contributed by atoms with Gasteiger partial charge in [0.15, 0.2) is 0 Å². The third-order valence-corrected chi connectivity index (χ3v) is 5.38. The molecule has 0 atom stereocenters. The smallest absolute Gasteiger partial charge is 0.258 e. The van der Waals surface area contributed by atoms with Crippen molar-refractivity contribution in [2.75, 3.05) is 5.32 Å². The Balaban J connectivity index is 1.62. The molecule has 0 aliphatic rings. The van der Waals surface area contributed by atoms with Crippen molar-refractivity contribution >= 4 is 39.1 Å². The summed E-state index contributed by atoms with van der Waals surface area (Å²) in [6.45, 7) is 0. The molecule has 2 aromatic carbocycles. The molecule has 0 bridgehead atoms. The van der Waals surface area contributed by atoms with Crippen LogP contribution < -0.4 is 11.1 Å². The summed E-state index contributed by atoms with van der Waals surface area (Å²) in [5, 5.41) is 4.16. The van der Waals surface area contributed by atoms with Gasteiger partial charge >= 0.3 is 0 Å². The highest BCUT2D eigenvalue weighted by atomic mass is 32.1.